The first-order valence-corrected chi connectivity index (χ1v) is 8.66. The van der Waals surface area contributed by atoms with Crippen molar-refractivity contribution in [3.8, 4) is 0 Å². The summed E-state index contributed by atoms with van der Waals surface area (Å²) in [5.74, 6) is 1.77. The van der Waals surface area contributed by atoms with Crippen molar-refractivity contribution in [1.82, 2.24) is 9.97 Å². The molecule has 0 spiro atoms. The van der Waals surface area contributed by atoms with Crippen molar-refractivity contribution in [2.45, 2.75) is 32.7 Å². The van der Waals surface area contributed by atoms with Gasteiger partial charge in [0.15, 0.2) is 0 Å². The summed E-state index contributed by atoms with van der Waals surface area (Å²) in [4.78, 5) is 11.6. The smallest absolute Gasteiger partial charge is 0.138 e. The Morgan fingerprint density at radius 3 is 2.95 bits per heavy atom. The van der Waals surface area contributed by atoms with Crippen molar-refractivity contribution in [3.63, 3.8) is 0 Å². The zero-order valence-electron chi connectivity index (χ0n) is 12.7. The molecule has 1 atom stereocenters. The van der Waals surface area contributed by atoms with Crippen molar-refractivity contribution in [2.75, 3.05) is 5.32 Å². The molecule has 0 aliphatic heterocycles. The molecule has 0 saturated heterocycles. The first-order chi connectivity index (χ1) is 10.8. The van der Waals surface area contributed by atoms with Crippen LogP contribution in [0.4, 0.5) is 5.82 Å². The van der Waals surface area contributed by atoms with Crippen LogP contribution in [-0.4, -0.2) is 9.97 Å². The topological polar surface area (TPSA) is 37.8 Å². The van der Waals surface area contributed by atoms with Crippen LogP contribution in [0.5, 0.6) is 0 Å². The molecule has 112 valence electrons. The summed E-state index contributed by atoms with van der Waals surface area (Å²) in [5.41, 5.74) is 2.75. The Kier molecular flexibility index (Phi) is 3.54. The van der Waals surface area contributed by atoms with Crippen molar-refractivity contribution in [2.24, 2.45) is 5.92 Å². The van der Waals surface area contributed by atoms with Crippen LogP contribution in [0.3, 0.4) is 0 Å². The summed E-state index contributed by atoms with van der Waals surface area (Å²) in [7, 11) is 0. The predicted molar refractivity (Wildman–Crippen MR) is 92.4 cm³/mol. The van der Waals surface area contributed by atoms with Crippen molar-refractivity contribution in [3.05, 3.63) is 52.7 Å². The van der Waals surface area contributed by atoms with E-state index in [0.717, 1.165) is 29.5 Å². The average molecular weight is 309 g/mol. The van der Waals surface area contributed by atoms with Gasteiger partial charge in [0.25, 0.3) is 0 Å². The normalized spacial score (nSPS) is 17.4. The van der Waals surface area contributed by atoms with Crippen LogP contribution in [0.1, 0.15) is 29.3 Å². The second kappa shape index (κ2) is 5.69. The van der Waals surface area contributed by atoms with Crippen LogP contribution < -0.4 is 5.32 Å². The molecule has 0 bridgehead atoms. The monoisotopic (exact) mass is 309 g/mol. The van der Waals surface area contributed by atoms with Gasteiger partial charge in [0.05, 0.1) is 5.39 Å². The van der Waals surface area contributed by atoms with E-state index in [9.17, 15) is 0 Å². The van der Waals surface area contributed by atoms with Crippen molar-refractivity contribution >= 4 is 27.4 Å². The molecule has 4 rings (SSSR count). The van der Waals surface area contributed by atoms with E-state index in [0.29, 0.717) is 0 Å². The number of nitrogens with zero attached hydrogens (tertiary/aromatic N) is 2. The molecule has 0 saturated carbocycles. The van der Waals surface area contributed by atoms with Gasteiger partial charge in [0, 0.05) is 11.4 Å². The number of hydrogen-bond acceptors (Lipinski definition) is 4. The van der Waals surface area contributed by atoms with E-state index >= 15 is 0 Å². The Hall–Kier alpha value is -1.94. The zero-order chi connectivity index (χ0) is 14.9. The number of fused-ring (bicyclic) bond motifs is 3. The van der Waals surface area contributed by atoms with Crippen LogP contribution in [0.2, 0.25) is 0 Å². The van der Waals surface area contributed by atoms with Crippen LogP contribution >= 0.6 is 11.3 Å². The van der Waals surface area contributed by atoms with Crippen molar-refractivity contribution in [1.29, 1.82) is 0 Å². The summed E-state index contributed by atoms with van der Waals surface area (Å²) in [6.45, 7) is 3.14. The van der Waals surface area contributed by atoms with E-state index in [2.05, 4.69) is 46.5 Å². The van der Waals surface area contributed by atoms with E-state index in [1.165, 1.54) is 34.2 Å². The Morgan fingerprint density at radius 1 is 1.23 bits per heavy atom. The molecule has 2 aromatic heterocycles. The molecule has 1 N–H and O–H groups in total. The fourth-order valence-electron chi connectivity index (χ4n) is 3.19. The van der Waals surface area contributed by atoms with E-state index in [4.69, 9.17) is 0 Å². The molecule has 0 amide bonds. The number of aromatic nitrogens is 2. The first kappa shape index (κ1) is 13.7. The minimum absolute atomic E-state index is 0.786. The van der Waals surface area contributed by atoms with Gasteiger partial charge < -0.3 is 5.32 Å². The summed E-state index contributed by atoms with van der Waals surface area (Å²) in [6.07, 6.45) is 5.30. The van der Waals surface area contributed by atoms with Gasteiger partial charge in [-0.05, 0) is 36.3 Å². The second-order valence-electron chi connectivity index (χ2n) is 6.09. The lowest BCUT2D eigenvalue weighted by atomic mass is 9.89. The Bertz CT molecular complexity index is 795. The van der Waals surface area contributed by atoms with Gasteiger partial charge in [-0.1, -0.05) is 37.3 Å². The van der Waals surface area contributed by atoms with Crippen LogP contribution in [-0.2, 0) is 19.4 Å². The maximum atomic E-state index is 4.51. The zero-order valence-corrected chi connectivity index (χ0v) is 13.5. The molecule has 2 heterocycles. The lowest BCUT2D eigenvalue weighted by molar-refractivity contribution is 0.509. The van der Waals surface area contributed by atoms with Gasteiger partial charge in [0.1, 0.15) is 17.0 Å². The largest absolute Gasteiger partial charge is 0.365 e. The standard InChI is InChI=1S/C18H19N3S/c1-12-7-8-14-15(9-12)22-18-16(14)17(20-11-21-18)19-10-13-5-3-2-4-6-13/h2-6,11-12H,7-10H2,1H3,(H,19,20,21). The van der Waals surface area contributed by atoms with Gasteiger partial charge in [-0.3, -0.25) is 0 Å². The lowest BCUT2D eigenvalue weighted by Gasteiger charge is -2.18. The molecule has 1 aromatic carbocycles. The molecule has 1 aliphatic carbocycles. The Labute approximate surface area is 134 Å². The van der Waals surface area contributed by atoms with Crippen LogP contribution in [0.25, 0.3) is 10.2 Å². The summed E-state index contributed by atoms with van der Waals surface area (Å²) in [5, 5.41) is 4.76. The molecule has 1 unspecified atom stereocenters. The lowest BCUT2D eigenvalue weighted by Crippen LogP contribution is -2.09. The minimum atomic E-state index is 0.786. The summed E-state index contributed by atoms with van der Waals surface area (Å²) in [6, 6.07) is 10.5. The third kappa shape index (κ3) is 2.48. The molecule has 3 aromatic rings. The summed E-state index contributed by atoms with van der Waals surface area (Å²) >= 11 is 1.85. The number of rotatable bonds is 3. The second-order valence-corrected chi connectivity index (χ2v) is 7.18. The highest BCUT2D eigenvalue weighted by Crippen LogP contribution is 2.39. The number of aryl methyl sites for hydroxylation is 1. The third-order valence-electron chi connectivity index (χ3n) is 4.39. The van der Waals surface area contributed by atoms with Crippen molar-refractivity contribution < 1.29 is 0 Å². The fraction of sp³-hybridized carbons (Fsp3) is 0.333. The third-order valence-corrected chi connectivity index (χ3v) is 5.56. The maximum absolute atomic E-state index is 4.51. The van der Waals surface area contributed by atoms with Crippen LogP contribution in [0.15, 0.2) is 36.7 Å². The SMILES string of the molecule is CC1CCc2c(sc3ncnc(NCc4ccccc4)c23)C1. The average Bonchev–Trinajstić information content (AvgIpc) is 2.91. The molecule has 4 heteroatoms. The van der Waals surface area contributed by atoms with E-state index in [1.54, 1.807) is 6.33 Å². The maximum Gasteiger partial charge on any atom is 0.138 e. The number of benzene rings is 1. The van der Waals surface area contributed by atoms with Gasteiger partial charge in [-0.2, -0.15) is 0 Å². The molecular weight excluding hydrogens is 290 g/mol. The quantitative estimate of drug-likeness (QED) is 0.778. The van der Waals surface area contributed by atoms with Crippen LogP contribution in [0, 0.1) is 5.92 Å². The minimum Gasteiger partial charge on any atom is -0.365 e. The van der Waals surface area contributed by atoms with Gasteiger partial charge in [-0.15, -0.1) is 11.3 Å². The highest BCUT2D eigenvalue weighted by Gasteiger charge is 2.22. The fourth-order valence-corrected chi connectivity index (χ4v) is 4.54. The first-order valence-electron chi connectivity index (χ1n) is 7.84. The molecule has 1 aliphatic rings. The van der Waals surface area contributed by atoms with E-state index in [-0.39, 0.29) is 0 Å². The molecular formula is C18H19N3S. The predicted octanol–water partition coefficient (Wildman–Crippen LogP) is 4.43. The molecule has 0 fully saturated rings. The Morgan fingerprint density at radius 2 is 2.09 bits per heavy atom. The molecule has 0 radical (unpaired) electrons. The van der Waals surface area contributed by atoms with Gasteiger partial charge >= 0.3 is 0 Å². The molecule has 3 nitrogen and oxygen atoms in total. The summed E-state index contributed by atoms with van der Waals surface area (Å²) < 4.78 is 0. The van der Waals surface area contributed by atoms with E-state index in [1.807, 2.05) is 17.4 Å². The number of anilines is 1. The number of hydrogen-bond donors (Lipinski definition) is 1. The Balaban J connectivity index is 1.69. The highest BCUT2D eigenvalue weighted by atomic mass is 32.1. The number of thiophene rings is 1. The van der Waals surface area contributed by atoms with Gasteiger partial charge in [-0.25, -0.2) is 9.97 Å². The van der Waals surface area contributed by atoms with E-state index < -0.39 is 0 Å². The van der Waals surface area contributed by atoms with Gasteiger partial charge in [0.2, 0.25) is 0 Å². The molecule has 22 heavy (non-hydrogen) atoms. The number of nitrogens with one attached hydrogen (secondary N) is 1. The highest BCUT2D eigenvalue weighted by molar-refractivity contribution is 7.19.